The lowest BCUT2D eigenvalue weighted by molar-refractivity contribution is -0.100. The van der Waals surface area contributed by atoms with Crippen molar-refractivity contribution in [1.29, 1.82) is 0 Å². The van der Waals surface area contributed by atoms with Crippen LogP contribution in [0.1, 0.15) is 32.1 Å². The highest BCUT2D eigenvalue weighted by Crippen LogP contribution is 2.59. The Morgan fingerprint density at radius 1 is 1.05 bits per heavy atom. The van der Waals surface area contributed by atoms with E-state index in [4.69, 9.17) is 12.2 Å². The Labute approximate surface area is 121 Å². The number of allylic oxidation sites excluding steroid dienone is 1. The van der Waals surface area contributed by atoms with Crippen molar-refractivity contribution >= 4 is 17.3 Å². The van der Waals surface area contributed by atoms with Crippen molar-refractivity contribution in [2.45, 2.75) is 43.8 Å². The lowest BCUT2D eigenvalue weighted by Gasteiger charge is -2.61. The van der Waals surface area contributed by atoms with Gasteiger partial charge in [0.2, 0.25) is 0 Å². The molecule has 0 aromatic rings. The van der Waals surface area contributed by atoms with E-state index in [1.807, 2.05) is 0 Å². The summed E-state index contributed by atoms with van der Waals surface area (Å²) in [5.74, 6) is 2.04. The molecule has 0 aromatic carbocycles. The largest absolute Gasteiger partial charge is 0.431 e. The third kappa shape index (κ3) is 1.73. The second-order valence-electron chi connectivity index (χ2n) is 6.87. The molecule has 2 nitrogen and oxygen atoms in total. The van der Waals surface area contributed by atoms with Gasteiger partial charge in [-0.25, -0.2) is 0 Å². The number of rotatable bonds is 0. The van der Waals surface area contributed by atoms with Crippen LogP contribution in [0.15, 0.2) is 11.8 Å². The minimum atomic E-state index is -4.35. The van der Waals surface area contributed by atoms with Crippen molar-refractivity contribution in [2.24, 2.45) is 23.7 Å². The van der Waals surface area contributed by atoms with Crippen LogP contribution < -0.4 is 10.6 Å². The molecule has 110 valence electrons. The summed E-state index contributed by atoms with van der Waals surface area (Å²) in [7, 11) is 0. The summed E-state index contributed by atoms with van der Waals surface area (Å²) in [5.41, 5.74) is -1.23. The van der Waals surface area contributed by atoms with Crippen LogP contribution in [-0.4, -0.2) is 16.8 Å². The van der Waals surface area contributed by atoms with Gasteiger partial charge < -0.3 is 10.6 Å². The van der Waals surface area contributed by atoms with Gasteiger partial charge in [0.1, 0.15) is 5.70 Å². The molecule has 4 fully saturated rings. The van der Waals surface area contributed by atoms with Crippen molar-refractivity contribution in [1.82, 2.24) is 10.6 Å². The smallest absolute Gasteiger partial charge is 0.353 e. The number of hydrogen-bond acceptors (Lipinski definition) is 1. The van der Waals surface area contributed by atoms with Gasteiger partial charge in [0.25, 0.3) is 0 Å². The van der Waals surface area contributed by atoms with Crippen LogP contribution in [0.25, 0.3) is 0 Å². The van der Waals surface area contributed by atoms with E-state index in [0.29, 0.717) is 11.8 Å². The Hall–Kier alpha value is -0.780. The van der Waals surface area contributed by atoms with Gasteiger partial charge in [-0.3, -0.25) is 0 Å². The summed E-state index contributed by atoms with van der Waals surface area (Å²) in [6.07, 6.45) is 2.52. The molecular weight excluding hydrogens is 285 g/mol. The number of halogens is 3. The Kier molecular flexibility index (Phi) is 2.52. The molecule has 1 heterocycles. The van der Waals surface area contributed by atoms with E-state index in [2.05, 4.69) is 10.6 Å². The van der Waals surface area contributed by atoms with Crippen LogP contribution >= 0.6 is 12.2 Å². The predicted molar refractivity (Wildman–Crippen MR) is 72.8 cm³/mol. The maximum absolute atomic E-state index is 13.1. The molecule has 0 amide bonds. The van der Waals surface area contributed by atoms with E-state index >= 15 is 0 Å². The molecule has 5 rings (SSSR count). The molecule has 0 saturated heterocycles. The Balaban J connectivity index is 1.77. The first-order chi connectivity index (χ1) is 9.37. The van der Waals surface area contributed by atoms with Crippen LogP contribution in [-0.2, 0) is 0 Å². The Bertz CT molecular complexity index is 469. The van der Waals surface area contributed by atoms with Crippen molar-refractivity contribution in [3.63, 3.8) is 0 Å². The van der Waals surface area contributed by atoms with E-state index in [0.717, 1.165) is 37.5 Å². The summed E-state index contributed by atoms with van der Waals surface area (Å²) < 4.78 is 39.3. The van der Waals surface area contributed by atoms with Crippen LogP contribution in [0.5, 0.6) is 0 Å². The monoisotopic (exact) mass is 302 g/mol. The Morgan fingerprint density at radius 2 is 1.60 bits per heavy atom. The lowest BCUT2D eigenvalue weighted by Crippen LogP contribution is -2.69. The third-order valence-corrected chi connectivity index (χ3v) is 5.96. The number of nitrogens with one attached hydrogen (secondary N) is 2. The minimum Gasteiger partial charge on any atom is -0.353 e. The molecular formula is C14H17F3N2S. The zero-order valence-corrected chi connectivity index (χ0v) is 11.8. The van der Waals surface area contributed by atoms with E-state index in [-0.39, 0.29) is 5.11 Å². The van der Waals surface area contributed by atoms with Gasteiger partial charge >= 0.3 is 6.18 Å². The number of alkyl halides is 3. The average molecular weight is 302 g/mol. The molecule has 0 radical (unpaired) electrons. The summed E-state index contributed by atoms with van der Waals surface area (Å²) in [5, 5.41) is 5.65. The zero-order chi connectivity index (χ0) is 14.1. The second kappa shape index (κ2) is 3.90. The topological polar surface area (TPSA) is 24.1 Å². The fourth-order valence-corrected chi connectivity index (χ4v) is 5.50. The van der Waals surface area contributed by atoms with E-state index in [9.17, 15) is 13.2 Å². The highest BCUT2D eigenvalue weighted by Gasteiger charge is 2.58. The molecule has 6 heteroatoms. The third-order valence-electron chi connectivity index (χ3n) is 5.76. The molecule has 0 atom stereocenters. The average Bonchev–Trinajstić information content (AvgIpc) is 2.33. The van der Waals surface area contributed by atoms with Crippen LogP contribution in [0.3, 0.4) is 0 Å². The maximum Gasteiger partial charge on any atom is 0.431 e. The Morgan fingerprint density at radius 3 is 2.10 bits per heavy atom. The molecule has 1 spiro atoms. The van der Waals surface area contributed by atoms with Crippen molar-refractivity contribution in [3.8, 4) is 0 Å². The van der Waals surface area contributed by atoms with Gasteiger partial charge in [-0.2, -0.15) is 13.2 Å². The van der Waals surface area contributed by atoms with Gasteiger partial charge in [0, 0.05) is 0 Å². The van der Waals surface area contributed by atoms with Gasteiger partial charge in [-0.15, -0.1) is 0 Å². The lowest BCUT2D eigenvalue weighted by atomic mass is 9.48. The molecule has 0 aromatic heterocycles. The molecule has 5 aliphatic rings. The van der Waals surface area contributed by atoms with Gasteiger partial charge in [0.05, 0.1) is 5.54 Å². The maximum atomic E-state index is 13.1. The van der Waals surface area contributed by atoms with E-state index in [1.54, 1.807) is 0 Å². The van der Waals surface area contributed by atoms with Crippen LogP contribution in [0.2, 0.25) is 0 Å². The minimum absolute atomic E-state index is 0.132. The number of thiocarbonyl (C=S) groups is 1. The molecule has 2 N–H and O–H groups in total. The SMILES string of the molecule is FC(F)(F)C1=CC2(NC(=S)N1)C1CC3CC(C1)CC2C3. The second-order valence-corrected chi connectivity index (χ2v) is 7.28. The molecule has 0 unspecified atom stereocenters. The van der Waals surface area contributed by atoms with Crippen molar-refractivity contribution in [2.75, 3.05) is 0 Å². The fraction of sp³-hybridized carbons (Fsp3) is 0.786. The molecule has 1 aliphatic heterocycles. The first-order valence-electron chi connectivity index (χ1n) is 7.26. The highest BCUT2D eigenvalue weighted by atomic mass is 32.1. The molecule has 20 heavy (non-hydrogen) atoms. The zero-order valence-electron chi connectivity index (χ0n) is 11.0. The van der Waals surface area contributed by atoms with Crippen LogP contribution in [0.4, 0.5) is 13.2 Å². The van der Waals surface area contributed by atoms with Crippen molar-refractivity contribution < 1.29 is 13.2 Å². The summed E-state index contributed by atoms with van der Waals surface area (Å²) in [6.45, 7) is 0. The first-order valence-corrected chi connectivity index (χ1v) is 7.67. The first kappa shape index (κ1) is 12.9. The fourth-order valence-electron chi connectivity index (χ4n) is 5.22. The molecule has 4 aliphatic carbocycles. The quantitative estimate of drug-likeness (QED) is 0.672. The standard InChI is InChI=1S/C14H17F3N2S/c15-14(16,17)11-6-13(19-12(20)18-11)9-2-7-1-8(4-9)5-10(13)3-7/h6-10H,1-5H2,(H2,18,19,20). The predicted octanol–water partition coefficient (Wildman–Crippen LogP) is 3.11. The number of hydrogen-bond donors (Lipinski definition) is 2. The molecule has 4 bridgehead atoms. The highest BCUT2D eigenvalue weighted by molar-refractivity contribution is 7.80. The van der Waals surface area contributed by atoms with Gasteiger partial charge in [0.15, 0.2) is 5.11 Å². The van der Waals surface area contributed by atoms with E-state index in [1.165, 1.54) is 12.5 Å². The molecule has 4 saturated carbocycles. The summed E-state index contributed by atoms with van der Waals surface area (Å²) in [6, 6.07) is 0. The summed E-state index contributed by atoms with van der Waals surface area (Å²) >= 11 is 5.06. The van der Waals surface area contributed by atoms with Crippen molar-refractivity contribution in [3.05, 3.63) is 11.8 Å². The van der Waals surface area contributed by atoms with Crippen LogP contribution in [0, 0.1) is 23.7 Å². The van der Waals surface area contributed by atoms with E-state index < -0.39 is 17.4 Å². The van der Waals surface area contributed by atoms with Gasteiger partial charge in [-0.1, -0.05) is 0 Å². The summed E-state index contributed by atoms with van der Waals surface area (Å²) in [4.78, 5) is 0. The van der Waals surface area contributed by atoms with Gasteiger partial charge in [-0.05, 0) is 74.1 Å². The normalized spacial score (nSPS) is 46.1.